The third-order valence-corrected chi connectivity index (χ3v) is 5.45. The summed E-state index contributed by atoms with van der Waals surface area (Å²) in [6.45, 7) is 6.65. The molecule has 0 aliphatic heterocycles. The lowest BCUT2D eigenvalue weighted by Gasteiger charge is -2.16. The molecule has 0 aliphatic carbocycles. The Kier molecular flexibility index (Phi) is 9.75. The Labute approximate surface area is 199 Å². The van der Waals surface area contributed by atoms with Gasteiger partial charge >= 0.3 is 0 Å². The van der Waals surface area contributed by atoms with Crippen molar-refractivity contribution in [2.45, 2.75) is 39.3 Å². The molecule has 0 unspecified atom stereocenters. The van der Waals surface area contributed by atoms with E-state index in [1.807, 2.05) is 26.0 Å². The van der Waals surface area contributed by atoms with E-state index in [1.165, 1.54) is 0 Å². The van der Waals surface area contributed by atoms with Gasteiger partial charge in [0.15, 0.2) is 11.5 Å². The summed E-state index contributed by atoms with van der Waals surface area (Å²) in [5, 5.41) is 15.7. The van der Waals surface area contributed by atoms with Crippen molar-refractivity contribution in [3.63, 3.8) is 0 Å². The molecule has 3 rings (SSSR count). The number of hydrogen-bond donors (Lipinski definition) is 3. The average Bonchev–Trinajstić information content (AvgIpc) is 2.88. The Morgan fingerprint density at radius 2 is 1.94 bits per heavy atom. The second-order valence-corrected chi connectivity index (χ2v) is 7.85. The molecular weight excluding hydrogens is 436 g/mol. The Morgan fingerprint density at radius 3 is 2.62 bits per heavy atom. The Morgan fingerprint density at radius 1 is 1.12 bits per heavy atom. The van der Waals surface area contributed by atoms with E-state index in [0.717, 1.165) is 24.0 Å². The molecule has 0 aliphatic rings. The minimum absolute atomic E-state index is 0.0336. The van der Waals surface area contributed by atoms with Crippen molar-refractivity contribution in [2.75, 3.05) is 45.3 Å². The Balaban J connectivity index is 1.89. The number of aliphatic hydroxyl groups excluding tert-OH is 1. The second kappa shape index (κ2) is 13.0. The quantitative estimate of drug-likeness (QED) is 0.304. The topological polar surface area (TPSA) is 123 Å². The molecule has 10 nitrogen and oxygen atoms in total. The number of nitrogens with zero attached hydrogens (tertiary/aromatic N) is 4. The van der Waals surface area contributed by atoms with Crippen LogP contribution >= 0.6 is 0 Å². The number of methoxy groups -OCH3 is 1. The van der Waals surface area contributed by atoms with E-state index in [4.69, 9.17) is 9.47 Å². The van der Waals surface area contributed by atoms with Crippen molar-refractivity contribution in [3.05, 3.63) is 40.9 Å². The van der Waals surface area contributed by atoms with E-state index in [2.05, 4.69) is 25.6 Å². The number of ether oxygens (including phenoxy) is 2. The summed E-state index contributed by atoms with van der Waals surface area (Å²) in [4.78, 5) is 26.6. The molecule has 184 valence electrons. The van der Waals surface area contributed by atoms with E-state index in [-0.39, 0.29) is 24.0 Å². The molecule has 0 aromatic carbocycles. The van der Waals surface area contributed by atoms with Crippen LogP contribution < -0.4 is 20.9 Å². The standard InChI is InChI=1S/C24H34N6O4/c1-4-11-34-12-10-30-20-13-18(17-6-7-21(33-3)27-14-17)15-28-22(20)29-23(24(30)32)26-9-8-25-19(5-2)16-31/h6-7,13-15,19,25,31H,4-5,8-12,16H2,1-3H3,(H,26,28,29)/t19-/m0/s1. The highest BCUT2D eigenvalue weighted by Crippen LogP contribution is 2.23. The molecule has 3 aromatic heterocycles. The maximum absolute atomic E-state index is 13.3. The predicted molar refractivity (Wildman–Crippen MR) is 132 cm³/mol. The molecule has 1 atom stereocenters. The molecule has 0 bridgehead atoms. The first-order valence-corrected chi connectivity index (χ1v) is 11.7. The number of pyridine rings is 2. The molecule has 3 heterocycles. The van der Waals surface area contributed by atoms with Crippen molar-refractivity contribution >= 4 is 17.0 Å². The van der Waals surface area contributed by atoms with Crippen LogP contribution in [-0.2, 0) is 11.3 Å². The second-order valence-electron chi connectivity index (χ2n) is 7.85. The van der Waals surface area contributed by atoms with Crippen molar-refractivity contribution in [2.24, 2.45) is 0 Å². The largest absolute Gasteiger partial charge is 0.481 e. The van der Waals surface area contributed by atoms with E-state index < -0.39 is 0 Å². The smallest absolute Gasteiger partial charge is 0.293 e. The van der Waals surface area contributed by atoms with Gasteiger partial charge in [0.1, 0.15) is 0 Å². The van der Waals surface area contributed by atoms with Gasteiger partial charge in [0.25, 0.3) is 5.56 Å². The Bertz CT molecular complexity index is 1100. The highest BCUT2D eigenvalue weighted by molar-refractivity contribution is 5.78. The zero-order valence-corrected chi connectivity index (χ0v) is 20.1. The van der Waals surface area contributed by atoms with Gasteiger partial charge in [-0.15, -0.1) is 0 Å². The number of aromatic nitrogens is 4. The number of nitrogens with one attached hydrogen (secondary N) is 2. The van der Waals surface area contributed by atoms with Crippen LogP contribution in [0.1, 0.15) is 26.7 Å². The lowest BCUT2D eigenvalue weighted by molar-refractivity contribution is 0.127. The van der Waals surface area contributed by atoms with Gasteiger partial charge in [-0.25, -0.2) is 15.0 Å². The molecular formula is C24H34N6O4. The summed E-state index contributed by atoms with van der Waals surface area (Å²) < 4.78 is 12.4. The zero-order chi connectivity index (χ0) is 24.3. The van der Waals surface area contributed by atoms with Crippen LogP contribution in [0.15, 0.2) is 35.4 Å². The lowest BCUT2D eigenvalue weighted by atomic mass is 10.1. The van der Waals surface area contributed by atoms with Gasteiger partial charge in [-0.05, 0) is 25.0 Å². The number of aliphatic hydroxyl groups is 1. The fraction of sp³-hybridized carbons (Fsp3) is 0.500. The van der Waals surface area contributed by atoms with E-state index in [9.17, 15) is 9.90 Å². The number of anilines is 1. The monoisotopic (exact) mass is 470 g/mol. The van der Waals surface area contributed by atoms with E-state index >= 15 is 0 Å². The minimum Gasteiger partial charge on any atom is -0.481 e. The first-order valence-electron chi connectivity index (χ1n) is 11.7. The van der Waals surface area contributed by atoms with Crippen molar-refractivity contribution in [1.29, 1.82) is 0 Å². The van der Waals surface area contributed by atoms with Crippen LogP contribution in [0.5, 0.6) is 5.88 Å². The summed E-state index contributed by atoms with van der Waals surface area (Å²) in [5.74, 6) is 0.770. The third kappa shape index (κ3) is 6.49. The summed E-state index contributed by atoms with van der Waals surface area (Å²) in [5.41, 5.74) is 2.56. The van der Waals surface area contributed by atoms with Crippen LogP contribution in [-0.4, -0.2) is 70.7 Å². The summed E-state index contributed by atoms with van der Waals surface area (Å²) in [6.07, 6.45) is 5.17. The highest BCUT2D eigenvalue weighted by Gasteiger charge is 2.14. The number of hydrogen-bond acceptors (Lipinski definition) is 9. The molecule has 3 N–H and O–H groups in total. The molecule has 0 saturated carbocycles. The molecule has 3 aromatic rings. The molecule has 0 saturated heterocycles. The van der Waals surface area contributed by atoms with Gasteiger partial charge in [-0.3, -0.25) is 9.36 Å². The third-order valence-electron chi connectivity index (χ3n) is 5.45. The zero-order valence-electron chi connectivity index (χ0n) is 20.1. The van der Waals surface area contributed by atoms with Crippen molar-refractivity contribution in [1.82, 2.24) is 24.8 Å². The molecule has 0 radical (unpaired) electrons. The first kappa shape index (κ1) is 25.5. The summed E-state index contributed by atoms with van der Waals surface area (Å²) >= 11 is 0. The molecule has 34 heavy (non-hydrogen) atoms. The van der Waals surface area contributed by atoms with Crippen molar-refractivity contribution in [3.8, 4) is 17.0 Å². The summed E-state index contributed by atoms with van der Waals surface area (Å²) in [7, 11) is 1.57. The molecule has 0 spiro atoms. The van der Waals surface area contributed by atoms with Crippen LogP contribution in [0.4, 0.5) is 5.82 Å². The van der Waals surface area contributed by atoms with Crippen LogP contribution in [0.3, 0.4) is 0 Å². The van der Waals surface area contributed by atoms with E-state index in [1.54, 1.807) is 30.1 Å². The van der Waals surface area contributed by atoms with Crippen LogP contribution in [0, 0.1) is 0 Å². The normalized spacial score (nSPS) is 12.1. The van der Waals surface area contributed by atoms with Gasteiger partial charge in [0, 0.05) is 61.9 Å². The van der Waals surface area contributed by atoms with Gasteiger partial charge in [-0.2, -0.15) is 0 Å². The van der Waals surface area contributed by atoms with Gasteiger partial charge in [0.2, 0.25) is 5.88 Å². The SMILES string of the molecule is CCCOCCn1c(=O)c(NCCN[C@@H](CC)CO)nc2ncc(-c3ccc(OC)nc3)cc21. The first-order chi connectivity index (χ1) is 16.6. The van der Waals surface area contributed by atoms with Gasteiger partial charge in [0.05, 0.1) is 25.8 Å². The predicted octanol–water partition coefficient (Wildman–Crippen LogP) is 2.06. The maximum atomic E-state index is 13.3. The summed E-state index contributed by atoms with van der Waals surface area (Å²) in [6, 6.07) is 5.61. The maximum Gasteiger partial charge on any atom is 0.293 e. The average molecular weight is 471 g/mol. The molecule has 0 fully saturated rings. The molecule has 0 amide bonds. The number of rotatable bonds is 14. The van der Waals surface area contributed by atoms with E-state index in [0.29, 0.717) is 49.9 Å². The molecule has 10 heteroatoms. The van der Waals surface area contributed by atoms with Crippen molar-refractivity contribution < 1.29 is 14.6 Å². The van der Waals surface area contributed by atoms with Gasteiger partial charge in [-0.1, -0.05) is 13.8 Å². The van der Waals surface area contributed by atoms with Crippen LogP contribution in [0.25, 0.3) is 22.3 Å². The van der Waals surface area contributed by atoms with Crippen LogP contribution in [0.2, 0.25) is 0 Å². The fourth-order valence-electron chi connectivity index (χ4n) is 3.49. The minimum atomic E-state index is -0.228. The lowest BCUT2D eigenvalue weighted by Crippen LogP contribution is -2.36. The Hall–Kier alpha value is -3.08. The van der Waals surface area contributed by atoms with Gasteiger partial charge < -0.3 is 25.2 Å². The fourth-order valence-corrected chi connectivity index (χ4v) is 3.49. The highest BCUT2D eigenvalue weighted by atomic mass is 16.5. The number of fused-ring (bicyclic) bond motifs is 1.